The standard InChI is InChI=1S/C20H25N5O3/c1-20(2)12-28-9-8-24(20)19(26)17-15-10-13-4-3-5-14(13)18(15)25(22-17)16-11-23(27)7-6-21-16/h6-7,11,13-14H,3-5,8-10,12H2,1-2H3/t13-,14-/m1/s1. The first-order valence-corrected chi connectivity index (χ1v) is 10.0. The predicted molar refractivity (Wildman–Crippen MR) is 100 cm³/mol. The van der Waals surface area contributed by atoms with Crippen LogP contribution in [0.4, 0.5) is 0 Å². The summed E-state index contributed by atoms with van der Waals surface area (Å²) in [6, 6.07) is 0. The second kappa shape index (κ2) is 6.27. The molecule has 0 N–H and O–H groups in total. The van der Waals surface area contributed by atoms with Gasteiger partial charge < -0.3 is 14.8 Å². The zero-order chi connectivity index (χ0) is 19.5. The topological polar surface area (TPSA) is 87.2 Å². The van der Waals surface area contributed by atoms with Crippen LogP contribution in [-0.2, 0) is 11.2 Å². The highest BCUT2D eigenvalue weighted by molar-refractivity contribution is 5.95. The summed E-state index contributed by atoms with van der Waals surface area (Å²) in [6.45, 7) is 5.66. The van der Waals surface area contributed by atoms with Gasteiger partial charge in [-0.05, 0) is 39.0 Å². The van der Waals surface area contributed by atoms with E-state index >= 15 is 0 Å². The number of aromatic nitrogens is 4. The molecule has 2 aromatic rings. The summed E-state index contributed by atoms with van der Waals surface area (Å²) in [4.78, 5) is 19.7. The number of nitrogens with zero attached hydrogens (tertiary/aromatic N) is 5. The van der Waals surface area contributed by atoms with Crippen LogP contribution in [0.3, 0.4) is 0 Å². The maximum Gasteiger partial charge on any atom is 0.275 e. The summed E-state index contributed by atoms with van der Waals surface area (Å²) in [5, 5.41) is 16.5. The van der Waals surface area contributed by atoms with Crippen LogP contribution in [0, 0.1) is 11.1 Å². The van der Waals surface area contributed by atoms with Gasteiger partial charge in [0.2, 0.25) is 12.0 Å². The Bertz CT molecular complexity index is 938. The van der Waals surface area contributed by atoms with Gasteiger partial charge in [0.1, 0.15) is 0 Å². The number of hydrogen-bond donors (Lipinski definition) is 0. The maximum absolute atomic E-state index is 13.5. The van der Waals surface area contributed by atoms with E-state index < -0.39 is 0 Å². The number of amides is 1. The fourth-order valence-electron chi connectivity index (χ4n) is 5.13. The van der Waals surface area contributed by atoms with Crippen LogP contribution in [0.5, 0.6) is 0 Å². The van der Waals surface area contributed by atoms with Gasteiger partial charge in [0.05, 0.1) is 30.6 Å². The molecule has 3 aliphatic rings. The van der Waals surface area contributed by atoms with E-state index in [1.54, 1.807) is 4.68 Å². The number of hydrogen-bond acceptors (Lipinski definition) is 5. The van der Waals surface area contributed by atoms with E-state index in [0.717, 1.165) is 28.8 Å². The van der Waals surface area contributed by atoms with Crippen molar-refractivity contribution in [2.24, 2.45) is 5.92 Å². The van der Waals surface area contributed by atoms with Crippen molar-refractivity contribution in [3.05, 3.63) is 40.7 Å². The summed E-state index contributed by atoms with van der Waals surface area (Å²) in [7, 11) is 0. The zero-order valence-electron chi connectivity index (χ0n) is 16.3. The van der Waals surface area contributed by atoms with E-state index in [0.29, 0.717) is 43.1 Å². The summed E-state index contributed by atoms with van der Waals surface area (Å²) < 4.78 is 8.05. The van der Waals surface area contributed by atoms with Crippen LogP contribution >= 0.6 is 0 Å². The van der Waals surface area contributed by atoms with E-state index in [9.17, 15) is 10.0 Å². The Hall–Kier alpha value is -2.48. The summed E-state index contributed by atoms with van der Waals surface area (Å²) in [6.07, 6.45) is 8.62. The third-order valence-electron chi connectivity index (χ3n) is 6.47. The average Bonchev–Trinajstić information content (AvgIpc) is 3.32. The highest BCUT2D eigenvalue weighted by Crippen LogP contribution is 2.49. The molecule has 1 saturated heterocycles. The van der Waals surface area contributed by atoms with Crippen molar-refractivity contribution >= 4 is 5.91 Å². The van der Waals surface area contributed by atoms with Gasteiger partial charge in [-0.15, -0.1) is 0 Å². The molecular formula is C20H25N5O3. The first-order valence-electron chi connectivity index (χ1n) is 10.0. The summed E-state index contributed by atoms with van der Waals surface area (Å²) >= 11 is 0. The van der Waals surface area contributed by atoms with Gasteiger partial charge in [0, 0.05) is 18.0 Å². The van der Waals surface area contributed by atoms with Gasteiger partial charge in [-0.25, -0.2) is 9.67 Å². The first-order chi connectivity index (χ1) is 13.5. The molecule has 148 valence electrons. The molecule has 3 heterocycles. The molecule has 2 fully saturated rings. The van der Waals surface area contributed by atoms with E-state index in [2.05, 4.69) is 4.98 Å². The van der Waals surface area contributed by atoms with Gasteiger partial charge in [-0.3, -0.25) is 4.79 Å². The minimum Gasteiger partial charge on any atom is -0.619 e. The Morgan fingerprint density at radius 3 is 3.04 bits per heavy atom. The molecule has 2 aromatic heterocycles. The van der Waals surface area contributed by atoms with Crippen LogP contribution < -0.4 is 4.73 Å². The molecule has 5 rings (SSSR count). The Balaban J connectivity index is 1.62. The van der Waals surface area contributed by atoms with Crippen molar-refractivity contribution in [1.82, 2.24) is 19.7 Å². The number of morpholine rings is 1. The molecular weight excluding hydrogens is 358 g/mol. The maximum atomic E-state index is 13.5. The minimum absolute atomic E-state index is 0.0470. The summed E-state index contributed by atoms with van der Waals surface area (Å²) in [5.41, 5.74) is 2.27. The van der Waals surface area contributed by atoms with Crippen molar-refractivity contribution in [3.63, 3.8) is 0 Å². The Labute approximate surface area is 163 Å². The van der Waals surface area contributed by atoms with Crippen LogP contribution in [0.1, 0.15) is 60.8 Å². The normalized spacial score (nSPS) is 25.6. The molecule has 1 saturated carbocycles. The van der Waals surface area contributed by atoms with Gasteiger partial charge in [-0.1, -0.05) is 6.42 Å². The van der Waals surface area contributed by atoms with Gasteiger partial charge in [0.15, 0.2) is 11.9 Å². The Kier molecular flexibility index (Phi) is 3.94. The highest BCUT2D eigenvalue weighted by Gasteiger charge is 2.45. The van der Waals surface area contributed by atoms with Gasteiger partial charge >= 0.3 is 0 Å². The van der Waals surface area contributed by atoms with Crippen LogP contribution in [0.15, 0.2) is 18.6 Å². The van der Waals surface area contributed by atoms with Crippen molar-refractivity contribution < 1.29 is 14.3 Å². The molecule has 1 aliphatic heterocycles. The van der Waals surface area contributed by atoms with Crippen molar-refractivity contribution in [2.75, 3.05) is 19.8 Å². The molecule has 2 aliphatic carbocycles. The molecule has 2 atom stereocenters. The number of rotatable bonds is 2. The second-order valence-electron chi connectivity index (χ2n) is 8.72. The number of carbonyl (C=O) groups is 1. The average molecular weight is 383 g/mol. The number of carbonyl (C=O) groups excluding carboxylic acids is 1. The van der Waals surface area contributed by atoms with Gasteiger partial charge in [-0.2, -0.15) is 9.83 Å². The number of fused-ring (bicyclic) bond motifs is 3. The lowest BCUT2D eigenvalue weighted by Crippen LogP contribution is -2.55. The van der Waals surface area contributed by atoms with E-state index in [-0.39, 0.29) is 11.4 Å². The summed E-state index contributed by atoms with van der Waals surface area (Å²) in [5.74, 6) is 1.38. The van der Waals surface area contributed by atoms with E-state index in [4.69, 9.17) is 9.84 Å². The predicted octanol–water partition coefficient (Wildman–Crippen LogP) is 1.59. The molecule has 0 spiro atoms. The molecule has 0 aromatic carbocycles. The van der Waals surface area contributed by atoms with Gasteiger partial charge in [0.25, 0.3) is 5.91 Å². The molecule has 0 radical (unpaired) electrons. The van der Waals surface area contributed by atoms with Crippen molar-refractivity contribution in [3.8, 4) is 5.82 Å². The lowest BCUT2D eigenvalue weighted by atomic mass is 9.99. The van der Waals surface area contributed by atoms with Crippen LogP contribution in [0.25, 0.3) is 5.82 Å². The smallest absolute Gasteiger partial charge is 0.275 e. The van der Waals surface area contributed by atoms with Crippen LogP contribution in [-0.4, -0.2) is 50.9 Å². The lowest BCUT2D eigenvalue weighted by molar-refractivity contribution is -0.605. The van der Waals surface area contributed by atoms with Crippen molar-refractivity contribution in [1.29, 1.82) is 0 Å². The van der Waals surface area contributed by atoms with Crippen molar-refractivity contribution in [2.45, 2.75) is 51.0 Å². The molecule has 8 nitrogen and oxygen atoms in total. The zero-order valence-corrected chi connectivity index (χ0v) is 16.3. The SMILES string of the molecule is CC1(C)COCCN1C(=O)c1nn(-c2c[n+]([O-])ccn2)c2c1C[C@H]1CCC[C@@H]21. The number of ether oxygens (including phenoxy) is 1. The monoisotopic (exact) mass is 383 g/mol. The van der Waals surface area contributed by atoms with E-state index in [1.807, 2.05) is 18.7 Å². The Morgan fingerprint density at radius 1 is 1.39 bits per heavy atom. The second-order valence-corrected chi connectivity index (χ2v) is 8.72. The molecule has 0 bridgehead atoms. The molecule has 8 heteroatoms. The quantitative estimate of drug-likeness (QED) is 0.581. The third-order valence-corrected chi connectivity index (χ3v) is 6.47. The third kappa shape index (κ3) is 2.62. The molecule has 0 unspecified atom stereocenters. The minimum atomic E-state index is -0.372. The first kappa shape index (κ1) is 17.6. The lowest BCUT2D eigenvalue weighted by Gasteiger charge is -2.41. The van der Waals surface area contributed by atoms with E-state index in [1.165, 1.54) is 31.4 Å². The fourth-order valence-corrected chi connectivity index (χ4v) is 5.13. The fraction of sp³-hybridized carbons (Fsp3) is 0.600. The molecule has 28 heavy (non-hydrogen) atoms. The Morgan fingerprint density at radius 2 is 2.25 bits per heavy atom. The molecule has 1 amide bonds. The highest BCUT2D eigenvalue weighted by atomic mass is 16.5. The van der Waals surface area contributed by atoms with Crippen LogP contribution in [0.2, 0.25) is 0 Å². The largest absolute Gasteiger partial charge is 0.619 e.